The van der Waals surface area contributed by atoms with Crippen molar-refractivity contribution in [3.63, 3.8) is 0 Å². The van der Waals surface area contributed by atoms with Crippen molar-refractivity contribution in [2.24, 2.45) is 5.92 Å². The molecule has 1 aromatic rings. The number of amides is 1. The standard InChI is InChI=1S/C15H21ClN2OS/c1-3-17-9-10(2)15(19)18-13-6-7-20-14-5-4-11(16)8-12(13)14/h4-5,8,10,13,17H,3,6-7,9H2,1-2H3,(H,18,19). The third-order valence-electron chi connectivity index (χ3n) is 3.48. The number of thioether (sulfide) groups is 1. The van der Waals surface area contributed by atoms with Gasteiger partial charge in [0.1, 0.15) is 0 Å². The minimum absolute atomic E-state index is 0.0211. The molecule has 1 aliphatic rings. The molecule has 0 fully saturated rings. The summed E-state index contributed by atoms with van der Waals surface area (Å²) >= 11 is 7.91. The molecule has 1 aliphatic heterocycles. The van der Waals surface area contributed by atoms with Crippen molar-refractivity contribution in [3.05, 3.63) is 28.8 Å². The van der Waals surface area contributed by atoms with Gasteiger partial charge < -0.3 is 10.6 Å². The van der Waals surface area contributed by atoms with Crippen molar-refractivity contribution >= 4 is 29.3 Å². The lowest BCUT2D eigenvalue weighted by Crippen LogP contribution is -2.38. The molecule has 0 radical (unpaired) electrons. The monoisotopic (exact) mass is 312 g/mol. The first-order chi connectivity index (χ1) is 9.61. The molecule has 2 unspecified atom stereocenters. The zero-order chi connectivity index (χ0) is 14.5. The Morgan fingerprint density at radius 1 is 1.55 bits per heavy atom. The highest BCUT2D eigenvalue weighted by Gasteiger charge is 2.24. The Bertz CT molecular complexity index is 481. The van der Waals surface area contributed by atoms with E-state index >= 15 is 0 Å². The van der Waals surface area contributed by atoms with E-state index < -0.39 is 0 Å². The van der Waals surface area contributed by atoms with Crippen molar-refractivity contribution in [2.45, 2.75) is 31.2 Å². The number of halogens is 1. The highest BCUT2D eigenvalue weighted by molar-refractivity contribution is 7.99. The van der Waals surface area contributed by atoms with Crippen LogP contribution in [-0.4, -0.2) is 24.7 Å². The Morgan fingerprint density at radius 3 is 3.10 bits per heavy atom. The number of carbonyl (C=O) groups excluding carboxylic acids is 1. The normalized spacial score (nSPS) is 19.2. The molecule has 0 saturated carbocycles. The van der Waals surface area contributed by atoms with E-state index in [9.17, 15) is 4.79 Å². The van der Waals surface area contributed by atoms with E-state index in [2.05, 4.69) is 10.6 Å². The zero-order valence-corrected chi connectivity index (χ0v) is 13.5. The molecule has 0 aliphatic carbocycles. The van der Waals surface area contributed by atoms with E-state index in [0.717, 1.165) is 29.3 Å². The highest BCUT2D eigenvalue weighted by atomic mass is 35.5. The third-order valence-corrected chi connectivity index (χ3v) is 4.83. The third kappa shape index (κ3) is 3.90. The maximum Gasteiger partial charge on any atom is 0.224 e. The van der Waals surface area contributed by atoms with Crippen LogP contribution in [0.3, 0.4) is 0 Å². The number of benzene rings is 1. The summed E-state index contributed by atoms with van der Waals surface area (Å²) in [5, 5.41) is 7.10. The number of hydrogen-bond acceptors (Lipinski definition) is 3. The van der Waals surface area contributed by atoms with Crippen LogP contribution in [0, 0.1) is 5.92 Å². The first-order valence-electron chi connectivity index (χ1n) is 7.05. The average Bonchev–Trinajstić information content (AvgIpc) is 2.45. The van der Waals surface area contributed by atoms with Crippen LogP contribution in [0.4, 0.5) is 0 Å². The largest absolute Gasteiger partial charge is 0.349 e. The number of hydrogen-bond donors (Lipinski definition) is 2. The lowest BCUT2D eigenvalue weighted by Gasteiger charge is -2.27. The van der Waals surface area contributed by atoms with E-state index in [-0.39, 0.29) is 17.9 Å². The summed E-state index contributed by atoms with van der Waals surface area (Å²) in [5.74, 6) is 1.11. The number of rotatable bonds is 5. The molecule has 2 rings (SSSR count). The van der Waals surface area contributed by atoms with Gasteiger partial charge in [-0.3, -0.25) is 4.79 Å². The van der Waals surface area contributed by atoms with E-state index in [1.165, 1.54) is 4.90 Å². The van der Waals surface area contributed by atoms with Crippen LogP contribution in [-0.2, 0) is 4.79 Å². The molecule has 20 heavy (non-hydrogen) atoms. The summed E-state index contributed by atoms with van der Waals surface area (Å²) in [6.45, 7) is 5.60. The fourth-order valence-corrected chi connectivity index (χ4v) is 3.57. The zero-order valence-electron chi connectivity index (χ0n) is 11.9. The van der Waals surface area contributed by atoms with Crippen LogP contribution in [0.2, 0.25) is 5.02 Å². The van der Waals surface area contributed by atoms with Gasteiger partial charge in [-0.05, 0) is 36.7 Å². The van der Waals surface area contributed by atoms with Crippen molar-refractivity contribution < 1.29 is 4.79 Å². The van der Waals surface area contributed by atoms with Crippen molar-refractivity contribution in [2.75, 3.05) is 18.8 Å². The Labute approximate surface area is 129 Å². The molecule has 1 amide bonds. The second-order valence-corrected chi connectivity index (χ2v) is 6.66. The Kier molecular flexibility index (Phi) is 5.75. The number of fused-ring (bicyclic) bond motifs is 1. The number of carbonyl (C=O) groups is 1. The van der Waals surface area contributed by atoms with Gasteiger partial charge >= 0.3 is 0 Å². The maximum absolute atomic E-state index is 12.2. The molecular weight excluding hydrogens is 292 g/mol. The molecule has 0 aromatic heterocycles. The SMILES string of the molecule is CCNCC(C)C(=O)NC1CCSc2ccc(Cl)cc21. The van der Waals surface area contributed by atoms with E-state index in [1.54, 1.807) is 0 Å². The van der Waals surface area contributed by atoms with Crippen molar-refractivity contribution in [3.8, 4) is 0 Å². The van der Waals surface area contributed by atoms with Gasteiger partial charge in [-0.2, -0.15) is 0 Å². The summed E-state index contributed by atoms with van der Waals surface area (Å²) < 4.78 is 0. The molecule has 2 N–H and O–H groups in total. The predicted octanol–water partition coefficient (Wildman–Crippen LogP) is 3.24. The van der Waals surface area contributed by atoms with E-state index in [4.69, 9.17) is 11.6 Å². The first-order valence-corrected chi connectivity index (χ1v) is 8.41. The van der Waals surface area contributed by atoms with Crippen LogP contribution >= 0.6 is 23.4 Å². The minimum atomic E-state index is -0.0211. The van der Waals surface area contributed by atoms with Crippen LogP contribution in [0.15, 0.2) is 23.1 Å². The fourth-order valence-electron chi connectivity index (χ4n) is 2.28. The Morgan fingerprint density at radius 2 is 2.35 bits per heavy atom. The molecule has 2 atom stereocenters. The summed E-state index contributed by atoms with van der Waals surface area (Å²) in [7, 11) is 0. The Hall–Kier alpha value is -0.710. The molecule has 1 aromatic carbocycles. The fraction of sp³-hybridized carbons (Fsp3) is 0.533. The first kappa shape index (κ1) is 15.7. The summed E-state index contributed by atoms with van der Waals surface area (Å²) in [6, 6.07) is 6.01. The molecule has 3 nitrogen and oxygen atoms in total. The molecule has 1 heterocycles. The van der Waals surface area contributed by atoms with Gasteiger partial charge in [0, 0.05) is 28.1 Å². The van der Waals surface area contributed by atoms with Gasteiger partial charge in [-0.25, -0.2) is 0 Å². The van der Waals surface area contributed by atoms with Gasteiger partial charge in [-0.15, -0.1) is 11.8 Å². The maximum atomic E-state index is 12.2. The molecule has 0 bridgehead atoms. The van der Waals surface area contributed by atoms with Crippen LogP contribution in [0.25, 0.3) is 0 Å². The van der Waals surface area contributed by atoms with Gasteiger partial charge in [-0.1, -0.05) is 25.4 Å². The summed E-state index contributed by atoms with van der Waals surface area (Å²) in [6.07, 6.45) is 0.956. The van der Waals surface area contributed by atoms with Crippen LogP contribution < -0.4 is 10.6 Å². The molecular formula is C15H21ClN2OS. The quantitative estimate of drug-likeness (QED) is 0.877. The van der Waals surface area contributed by atoms with E-state index in [0.29, 0.717) is 6.54 Å². The minimum Gasteiger partial charge on any atom is -0.349 e. The average molecular weight is 313 g/mol. The lowest BCUT2D eigenvalue weighted by molar-refractivity contribution is -0.125. The number of nitrogens with one attached hydrogen (secondary N) is 2. The molecule has 0 saturated heterocycles. The molecule has 0 spiro atoms. The second-order valence-electron chi connectivity index (χ2n) is 5.09. The smallest absolute Gasteiger partial charge is 0.224 e. The van der Waals surface area contributed by atoms with Gasteiger partial charge in [0.15, 0.2) is 0 Å². The van der Waals surface area contributed by atoms with Gasteiger partial charge in [0.25, 0.3) is 0 Å². The second kappa shape index (κ2) is 7.34. The van der Waals surface area contributed by atoms with Crippen molar-refractivity contribution in [1.29, 1.82) is 0 Å². The molecule has 5 heteroatoms. The van der Waals surface area contributed by atoms with Gasteiger partial charge in [0.2, 0.25) is 5.91 Å². The lowest BCUT2D eigenvalue weighted by atomic mass is 10.0. The highest BCUT2D eigenvalue weighted by Crippen LogP contribution is 2.37. The van der Waals surface area contributed by atoms with Crippen molar-refractivity contribution in [1.82, 2.24) is 10.6 Å². The van der Waals surface area contributed by atoms with Crippen LogP contribution in [0.1, 0.15) is 31.9 Å². The summed E-state index contributed by atoms with van der Waals surface area (Å²) in [4.78, 5) is 13.4. The van der Waals surface area contributed by atoms with Gasteiger partial charge in [0.05, 0.1) is 6.04 Å². The Balaban J connectivity index is 2.04. The topological polar surface area (TPSA) is 41.1 Å². The van der Waals surface area contributed by atoms with Crippen LogP contribution in [0.5, 0.6) is 0 Å². The molecule has 110 valence electrons. The predicted molar refractivity (Wildman–Crippen MR) is 85.4 cm³/mol. The van der Waals surface area contributed by atoms with E-state index in [1.807, 2.05) is 43.8 Å². The summed E-state index contributed by atoms with van der Waals surface area (Å²) in [5.41, 5.74) is 1.15.